The van der Waals surface area contributed by atoms with E-state index in [0.717, 1.165) is 29.4 Å². The number of benzene rings is 2. The summed E-state index contributed by atoms with van der Waals surface area (Å²) in [5, 5.41) is 11.2. The molecule has 0 fully saturated rings. The summed E-state index contributed by atoms with van der Waals surface area (Å²) in [7, 11) is 1.66. The number of aliphatic imine (C=N–C) groups is 1. The lowest BCUT2D eigenvalue weighted by Crippen LogP contribution is -2.38. The van der Waals surface area contributed by atoms with E-state index < -0.39 is 0 Å². The zero-order valence-electron chi connectivity index (χ0n) is 16.5. The Balaban J connectivity index is 1.54. The maximum Gasteiger partial charge on any atom is 0.228 e. The van der Waals surface area contributed by atoms with E-state index in [2.05, 4.69) is 25.8 Å². The Bertz CT molecular complexity index is 940. The molecule has 0 spiro atoms. The lowest BCUT2D eigenvalue weighted by Gasteiger charge is -2.10. The predicted molar refractivity (Wildman–Crippen MR) is 114 cm³/mol. The standard InChI is InChI=1S/C21H24ClN5O2/c1-3-23-21(25-14-15-5-4-6-18(13-15)28-2)24-12-11-19-26-20(27-29-19)16-7-9-17(22)10-8-16/h4-10,13H,3,11-12,14H2,1-2H3,(H2,23,24,25). The van der Waals surface area contributed by atoms with Crippen molar-refractivity contribution in [2.75, 3.05) is 20.2 Å². The summed E-state index contributed by atoms with van der Waals surface area (Å²) in [4.78, 5) is 9.04. The van der Waals surface area contributed by atoms with E-state index in [-0.39, 0.29) is 0 Å². The average molecular weight is 414 g/mol. The molecule has 1 heterocycles. The minimum Gasteiger partial charge on any atom is -0.497 e. The molecule has 152 valence electrons. The Morgan fingerprint density at radius 1 is 1.17 bits per heavy atom. The molecule has 0 aliphatic carbocycles. The summed E-state index contributed by atoms with van der Waals surface area (Å²) >= 11 is 5.91. The number of guanidine groups is 1. The SMILES string of the molecule is CCNC(=NCc1cccc(OC)c1)NCCc1nc(-c2ccc(Cl)cc2)no1. The van der Waals surface area contributed by atoms with Crippen LogP contribution in [0, 0.1) is 0 Å². The first kappa shape index (κ1) is 20.7. The first-order valence-corrected chi connectivity index (χ1v) is 9.79. The highest BCUT2D eigenvalue weighted by atomic mass is 35.5. The van der Waals surface area contributed by atoms with E-state index in [1.165, 1.54) is 0 Å². The minimum absolute atomic E-state index is 0.549. The number of rotatable bonds is 8. The molecule has 0 saturated heterocycles. The van der Waals surface area contributed by atoms with Gasteiger partial charge in [0.1, 0.15) is 5.75 Å². The van der Waals surface area contributed by atoms with Gasteiger partial charge in [-0.3, -0.25) is 0 Å². The first-order valence-electron chi connectivity index (χ1n) is 9.41. The summed E-state index contributed by atoms with van der Waals surface area (Å²) in [6.45, 7) is 3.96. The molecule has 3 rings (SSSR count). The van der Waals surface area contributed by atoms with Crippen molar-refractivity contribution >= 4 is 17.6 Å². The fourth-order valence-electron chi connectivity index (χ4n) is 2.64. The molecule has 1 aromatic heterocycles. The Hall–Kier alpha value is -3.06. The van der Waals surface area contributed by atoms with Crippen LogP contribution in [0.15, 0.2) is 58.0 Å². The highest BCUT2D eigenvalue weighted by Crippen LogP contribution is 2.18. The zero-order chi connectivity index (χ0) is 20.5. The average Bonchev–Trinajstić information content (AvgIpc) is 3.21. The fraction of sp³-hybridized carbons (Fsp3) is 0.286. The van der Waals surface area contributed by atoms with Gasteiger partial charge in [-0.05, 0) is 48.9 Å². The monoisotopic (exact) mass is 413 g/mol. The molecule has 0 bridgehead atoms. The first-order chi connectivity index (χ1) is 14.2. The van der Waals surface area contributed by atoms with Crippen molar-refractivity contribution in [2.24, 2.45) is 4.99 Å². The molecule has 2 aromatic carbocycles. The van der Waals surface area contributed by atoms with E-state index in [0.29, 0.717) is 36.2 Å². The van der Waals surface area contributed by atoms with Crippen molar-refractivity contribution in [1.82, 2.24) is 20.8 Å². The Morgan fingerprint density at radius 2 is 2.00 bits per heavy atom. The van der Waals surface area contributed by atoms with Gasteiger partial charge in [0.2, 0.25) is 11.7 Å². The molecule has 8 heteroatoms. The molecular formula is C21H24ClN5O2. The zero-order valence-corrected chi connectivity index (χ0v) is 17.2. The van der Waals surface area contributed by atoms with Gasteiger partial charge in [-0.25, -0.2) is 4.99 Å². The van der Waals surface area contributed by atoms with Crippen molar-refractivity contribution in [3.05, 3.63) is 65.0 Å². The van der Waals surface area contributed by atoms with Crippen LogP contribution in [-0.2, 0) is 13.0 Å². The maximum atomic E-state index is 5.91. The van der Waals surface area contributed by atoms with Gasteiger partial charge in [0.15, 0.2) is 5.96 Å². The number of methoxy groups -OCH3 is 1. The van der Waals surface area contributed by atoms with Crippen LogP contribution >= 0.6 is 11.6 Å². The predicted octanol–water partition coefficient (Wildman–Crippen LogP) is 3.70. The molecule has 7 nitrogen and oxygen atoms in total. The van der Waals surface area contributed by atoms with Crippen LogP contribution in [0.2, 0.25) is 5.02 Å². The van der Waals surface area contributed by atoms with Crippen molar-refractivity contribution in [1.29, 1.82) is 0 Å². The van der Waals surface area contributed by atoms with Crippen molar-refractivity contribution in [3.8, 4) is 17.1 Å². The van der Waals surface area contributed by atoms with E-state index >= 15 is 0 Å². The van der Waals surface area contributed by atoms with Crippen LogP contribution in [0.25, 0.3) is 11.4 Å². The van der Waals surface area contributed by atoms with Crippen LogP contribution in [0.5, 0.6) is 5.75 Å². The largest absolute Gasteiger partial charge is 0.497 e. The number of hydrogen-bond acceptors (Lipinski definition) is 5. The van der Waals surface area contributed by atoms with Crippen LogP contribution < -0.4 is 15.4 Å². The van der Waals surface area contributed by atoms with Gasteiger partial charge < -0.3 is 19.9 Å². The third kappa shape index (κ3) is 6.22. The lowest BCUT2D eigenvalue weighted by molar-refractivity contribution is 0.378. The number of hydrogen-bond donors (Lipinski definition) is 2. The molecule has 0 amide bonds. The van der Waals surface area contributed by atoms with Crippen LogP contribution in [0.1, 0.15) is 18.4 Å². The third-order valence-corrected chi connectivity index (χ3v) is 4.35. The molecule has 29 heavy (non-hydrogen) atoms. The number of nitrogens with zero attached hydrogens (tertiary/aromatic N) is 3. The van der Waals surface area contributed by atoms with Gasteiger partial charge in [-0.2, -0.15) is 4.98 Å². The van der Waals surface area contributed by atoms with E-state index in [4.69, 9.17) is 20.9 Å². The number of halogens is 1. The second kappa shape index (κ2) is 10.5. The summed E-state index contributed by atoms with van der Waals surface area (Å²) < 4.78 is 10.6. The normalized spacial score (nSPS) is 11.3. The summed E-state index contributed by atoms with van der Waals surface area (Å²) in [6, 6.07) is 15.2. The summed E-state index contributed by atoms with van der Waals surface area (Å²) in [5.74, 6) is 2.66. The molecule has 0 radical (unpaired) electrons. The summed E-state index contributed by atoms with van der Waals surface area (Å²) in [6.07, 6.45) is 0.587. The van der Waals surface area contributed by atoms with Gasteiger partial charge >= 0.3 is 0 Å². The van der Waals surface area contributed by atoms with Crippen molar-refractivity contribution in [3.63, 3.8) is 0 Å². The van der Waals surface area contributed by atoms with Gasteiger partial charge in [-0.1, -0.05) is 28.9 Å². The minimum atomic E-state index is 0.549. The summed E-state index contributed by atoms with van der Waals surface area (Å²) in [5.41, 5.74) is 1.94. The lowest BCUT2D eigenvalue weighted by atomic mass is 10.2. The second-order valence-corrected chi connectivity index (χ2v) is 6.68. The van der Waals surface area contributed by atoms with E-state index in [1.54, 1.807) is 19.2 Å². The third-order valence-electron chi connectivity index (χ3n) is 4.10. The van der Waals surface area contributed by atoms with Gasteiger partial charge in [0.05, 0.1) is 13.7 Å². The number of ether oxygens (including phenoxy) is 1. The molecule has 0 atom stereocenters. The van der Waals surface area contributed by atoms with Crippen molar-refractivity contribution < 1.29 is 9.26 Å². The molecule has 3 aromatic rings. The number of nitrogens with one attached hydrogen (secondary N) is 2. The van der Waals surface area contributed by atoms with Gasteiger partial charge in [0, 0.05) is 30.1 Å². The Morgan fingerprint density at radius 3 is 2.76 bits per heavy atom. The molecule has 0 unspecified atom stereocenters. The Kier molecular flexibility index (Phi) is 7.47. The highest BCUT2D eigenvalue weighted by Gasteiger charge is 2.09. The topological polar surface area (TPSA) is 84.6 Å². The fourth-order valence-corrected chi connectivity index (χ4v) is 2.77. The van der Waals surface area contributed by atoms with Gasteiger partial charge in [-0.15, -0.1) is 0 Å². The quantitative estimate of drug-likeness (QED) is 0.432. The smallest absolute Gasteiger partial charge is 0.228 e. The van der Waals surface area contributed by atoms with E-state index in [1.807, 2.05) is 43.3 Å². The van der Waals surface area contributed by atoms with Crippen molar-refractivity contribution in [2.45, 2.75) is 19.9 Å². The number of aromatic nitrogens is 2. The second-order valence-electron chi connectivity index (χ2n) is 6.24. The van der Waals surface area contributed by atoms with E-state index in [9.17, 15) is 0 Å². The van der Waals surface area contributed by atoms with Crippen LogP contribution in [0.4, 0.5) is 0 Å². The van der Waals surface area contributed by atoms with Gasteiger partial charge in [0.25, 0.3) is 0 Å². The molecule has 0 aliphatic heterocycles. The molecule has 0 aliphatic rings. The molecule has 2 N–H and O–H groups in total. The maximum absolute atomic E-state index is 5.91. The molecule has 0 saturated carbocycles. The Labute approximate surface area is 175 Å². The molecular weight excluding hydrogens is 390 g/mol. The highest BCUT2D eigenvalue weighted by molar-refractivity contribution is 6.30. The van der Waals surface area contributed by atoms with Crippen LogP contribution in [-0.4, -0.2) is 36.3 Å². The van der Waals surface area contributed by atoms with Crippen LogP contribution in [0.3, 0.4) is 0 Å².